The molecule has 1 heterocycles. The van der Waals surface area contributed by atoms with Crippen LogP contribution < -0.4 is 21.5 Å². The second kappa shape index (κ2) is 10.3. The molecular formula is C22H23ClN4O3S. The number of thiophene rings is 1. The van der Waals surface area contributed by atoms with Crippen molar-refractivity contribution in [2.24, 2.45) is 11.5 Å². The number of urea groups is 1. The molecule has 3 rings (SSSR count). The third kappa shape index (κ3) is 5.97. The Morgan fingerprint density at radius 3 is 2.55 bits per heavy atom. The molecular weight excluding hydrogens is 436 g/mol. The molecule has 0 spiro atoms. The number of nitrogens with two attached hydrogens (primary N) is 2. The molecule has 31 heavy (non-hydrogen) atoms. The minimum absolute atomic E-state index is 0.202. The lowest BCUT2D eigenvalue weighted by atomic mass is 10.1. The second-order valence-corrected chi connectivity index (χ2v) is 8.34. The highest BCUT2D eigenvalue weighted by Gasteiger charge is 2.18. The summed E-state index contributed by atoms with van der Waals surface area (Å²) in [5.74, 6) is 0.0161. The zero-order valence-corrected chi connectivity index (χ0v) is 18.5. The van der Waals surface area contributed by atoms with Gasteiger partial charge in [0.05, 0.1) is 5.56 Å². The average Bonchev–Trinajstić information content (AvgIpc) is 3.13. The van der Waals surface area contributed by atoms with E-state index in [0.29, 0.717) is 30.4 Å². The van der Waals surface area contributed by atoms with E-state index < -0.39 is 11.9 Å². The topological polar surface area (TPSA) is 111 Å². The van der Waals surface area contributed by atoms with Crippen LogP contribution in [0.25, 0.3) is 10.4 Å². The number of halogens is 1. The summed E-state index contributed by atoms with van der Waals surface area (Å²) in [6, 6.07) is 16.1. The first-order chi connectivity index (χ1) is 14.8. The maximum absolute atomic E-state index is 11.7. The molecule has 0 aliphatic carbocycles. The molecule has 162 valence electrons. The predicted molar refractivity (Wildman–Crippen MR) is 125 cm³/mol. The summed E-state index contributed by atoms with van der Waals surface area (Å²) >= 11 is 7.44. The van der Waals surface area contributed by atoms with E-state index in [1.54, 1.807) is 6.07 Å². The van der Waals surface area contributed by atoms with Crippen LogP contribution in [0.2, 0.25) is 5.02 Å². The minimum Gasteiger partial charge on any atom is -0.492 e. The van der Waals surface area contributed by atoms with Crippen molar-refractivity contribution in [2.75, 3.05) is 25.5 Å². The van der Waals surface area contributed by atoms with Crippen molar-refractivity contribution in [1.82, 2.24) is 4.90 Å². The van der Waals surface area contributed by atoms with Gasteiger partial charge in [0.1, 0.15) is 17.4 Å². The fourth-order valence-corrected chi connectivity index (χ4v) is 4.31. The number of amides is 3. The van der Waals surface area contributed by atoms with Crippen LogP contribution in [-0.2, 0) is 6.54 Å². The molecule has 0 unspecified atom stereocenters. The molecule has 0 fully saturated rings. The van der Waals surface area contributed by atoms with Crippen LogP contribution in [-0.4, -0.2) is 37.0 Å². The largest absolute Gasteiger partial charge is 0.492 e. The Kier molecular flexibility index (Phi) is 7.51. The number of likely N-dealkylation sites (N-methyl/N-ethyl adjacent to an activating group) is 1. The molecule has 3 amide bonds. The molecule has 0 atom stereocenters. The van der Waals surface area contributed by atoms with E-state index in [9.17, 15) is 9.59 Å². The van der Waals surface area contributed by atoms with Gasteiger partial charge in [0.15, 0.2) is 0 Å². The van der Waals surface area contributed by atoms with E-state index in [2.05, 4.69) is 10.2 Å². The molecule has 2 aromatic carbocycles. The van der Waals surface area contributed by atoms with Crippen molar-refractivity contribution in [1.29, 1.82) is 0 Å². The van der Waals surface area contributed by atoms with Gasteiger partial charge in [-0.2, -0.15) is 0 Å². The van der Waals surface area contributed by atoms with Gasteiger partial charge in [-0.1, -0.05) is 41.9 Å². The fourth-order valence-electron chi connectivity index (χ4n) is 3.02. The lowest BCUT2D eigenvalue weighted by Crippen LogP contribution is -2.24. The standard InChI is InChI=1S/C22H23ClN4O3S/c1-27(13-14-6-2-4-8-17(14)23)10-11-30-18-9-5-3-7-15(18)19-12-16(20(24)28)21(31-19)26-22(25)29/h2-9,12H,10-11,13H2,1H3,(H2,24,28)(H3,25,26,29). The molecule has 7 nitrogen and oxygen atoms in total. The van der Waals surface area contributed by atoms with Crippen LogP contribution in [0.1, 0.15) is 15.9 Å². The quantitative estimate of drug-likeness (QED) is 0.446. The number of hydrogen-bond acceptors (Lipinski definition) is 5. The first-order valence-corrected chi connectivity index (χ1v) is 10.7. The highest BCUT2D eigenvalue weighted by molar-refractivity contribution is 7.20. The summed E-state index contributed by atoms with van der Waals surface area (Å²) in [5.41, 5.74) is 12.7. The molecule has 0 aliphatic rings. The number of rotatable bonds is 9. The van der Waals surface area contributed by atoms with Gasteiger partial charge in [-0.15, -0.1) is 11.3 Å². The summed E-state index contributed by atoms with van der Waals surface area (Å²) in [7, 11) is 2.00. The SMILES string of the molecule is CN(CCOc1ccccc1-c1cc(C(N)=O)c(NC(N)=O)s1)Cc1ccccc1Cl. The van der Waals surface area contributed by atoms with Crippen LogP contribution in [0.5, 0.6) is 5.75 Å². The number of primary amides is 2. The molecule has 0 saturated heterocycles. The number of nitrogens with one attached hydrogen (secondary N) is 1. The summed E-state index contributed by atoms with van der Waals surface area (Å²) in [6.07, 6.45) is 0. The Bertz CT molecular complexity index is 1090. The van der Waals surface area contributed by atoms with Gasteiger partial charge >= 0.3 is 6.03 Å². The van der Waals surface area contributed by atoms with Crippen LogP contribution in [0.15, 0.2) is 54.6 Å². The lowest BCUT2D eigenvalue weighted by Gasteiger charge is -2.18. The molecule has 0 radical (unpaired) electrons. The summed E-state index contributed by atoms with van der Waals surface area (Å²) in [6.45, 7) is 1.85. The molecule has 1 aromatic heterocycles. The van der Waals surface area contributed by atoms with Crippen molar-refractivity contribution in [3.05, 3.63) is 70.7 Å². The minimum atomic E-state index is -0.762. The number of carbonyl (C=O) groups excluding carboxylic acids is 2. The third-order valence-corrected chi connectivity index (χ3v) is 5.97. The van der Waals surface area contributed by atoms with Crippen LogP contribution in [0.4, 0.5) is 9.80 Å². The van der Waals surface area contributed by atoms with Crippen molar-refractivity contribution >= 4 is 39.9 Å². The van der Waals surface area contributed by atoms with E-state index in [1.807, 2.05) is 55.6 Å². The first-order valence-electron chi connectivity index (χ1n) is 9.49. The number of ether oxygens (including phenoxy) is 1. The van der Waals surface area contributed by atoms with Crippen molar-refractivity contribution in [3.8, 4) is 16.2 Å². The van der Waals surface area contributed by atoms with Gasteiger partial charge in [0.2, 0.25) is 0 Å². The maximum Gasteiger partial charge on any atom is 0.317 e. The van der Waals surface area contributed by atoms with Crippen molar-refractivity contribution < 1.29 is 14.3 Å². The number of hydrogen-bond donors (Lipinski definition) is 3. The highest BCUT2D eigenvalue weighted by Crippen LogP contribution is 2.39. The molecule has 0 saturated carbocycles. The monoisotopic (exact) mass is 458 g/mol. The van der Waals surface area contributed by atoms with Crippen molar-refractivity contribution in [2.45, 2.75) is 6.54 Å². The Hall–Kier alpha value is -3.07. The number of para-hydroxylation sites is 1. The van der Waals surface area contributed by atoms with Crippen LogP contribution in [0, 0.1) is 0 Å². The van der Waals surface area contributed by atoms with E-state index in [0.717, 1.165) is 21.0 Å². The average molecular weight is 459 g/mol. The zero-order chi connectivity index (χ0) is 22.4. The van der Waals surface area contributed by atoms with Gasteiger partial charge in [-0.05, 0) is 36.9 Å². The Balaban J connectivity index is 1.70. The maximum atomic E-state index is 11.7. The van der Waals surface area contributed by atoms with E-state index in [4.69, 9.17) is 27.8 Å². The van der Waals surface area contributed by atoms with Gasteiger partial charge < -0.3 is 16.2 Å². The number of nitrogens with zero attached hydrogens (tertiary/aromatic N) is 1. The lowest BCUT2D eigenvalue weighted by molar-refractivity contribution is 0.100. The molecule has 3 aromatic rings. The van der Waals surface area contributed by atoms with E-state index >= 15 is 0 Å². The smallest absolute Gasteiger partial charge is 0.317 e. The summed E-state index contributed by atoms with van der Waals surface area (Å²) in [4.78, 5) is 25.8. The molecule has 0 bridgehead atoms. The normalized spacial score (nSPS) is 10.8. The second-order valence-electron chi connectivity index (χ2n) is 6.88. The third-order valence-electron chi connectivity index (χ3n) is 4.52. The molecule has 9 heteroatoms. The van der Waals surface area contributed by atoms with Crippen LogP contribution in [0.3, 0.4) is 0 Å². The summed E-state index contributed by atoms with van der Waals surface area (Å²) in [5, 5.41) is 3.50. The molecule has 5 N–H and O–H groups in total. The van der Waals surface area contributed by atoms with E-state index in [1.165, 1.54) is 11.3 Å². The first kappa shape index (κ1) is 22.6. The fraction of sp³-hybridized carbons (Fsp3) is 0.182. The van der Waals surface area contributed by atoms with Gasteiger partial charge in [-0.3, -0.25) is 15.0 Å². The Morgan fingerprint density at radius 1 is 1.13 bits per heavy atom. The Morgan fingerprint density at radius 2 is 1.84 bits per heavy atom. The van der Waals surface area contributed by atoms with Crippen molar-refractivity contribution in [3.63, 3.8) is 0 Å². The van der Waals surface area contributed by atoms with Gasteiger partial charge in [-0.25, -0.2) is 4.79 Å². The predicted octanol–water partition coefficient (Wildman–Crippen LogP) is 4.17. The number of carbonyl (C=O) groups is 2. The zero-order valence-electron chi connectivity index (χ0n) is 16.9. The van der Waals surface area contributed by atoms with Crippen LogP contribution >= 0.6 is 22.9 Å². The molecule has 0 aliphatic heterocycles. The highest BCUT2D eigenvalue weighted by atomic mass is 35.5. The van der Waals surface area contributed by atoms with Gasteiger partial charge in [0, 0.05) is 28.6 Å². The number of benzene rings is 2. The summed E-state index contributed by atoms with van der Waals surface area (Å²) < 4.78 is 6.02. The van der Waals surface area contributed by atoms with Gasteiger partial charge in [0.25, 0.3) is 5.91 Å². The Labute approximate surface area is 189 Å². The number of anilines is 1. The van der Waals surface area contributed by atoms with E-state index in [-0.39, 0.29) is 5.56 Å².